The molecule has 0 aliphatic heterocycles. The SMILES string of the molecule is c1ccc(-c2nc3ccc(N(c4ccc5ccccc5c4)c4ccc5nc(-c6ccccc6)oc5c4)cc3o2)cc1. The average molecular weight is 530 g/mol. The van der Waals surface area contributed by atoms with E-state index in [4.69, 9.17) is 18.8 Å². The fraction of sp³-hybridized carbons (Fsp3) is 0. The molecular weight excluding hydrogens is 506 g/mol. The molecule has 0 unspecified atom stereocenters. The topological polar surface area (TPSA) is 55.3 Å². The minimum atomic E-state index is 0.603. The number of hydrogen-bond donors (Lipinski definition) is 0. The molecule has 0 fully saturated rings. The van der Waals surface area contributed by atoms with Crippen LogP contribution in [0.2, 0.25) is 0 Å². The van der Waals surface area contributed by atoms with Crippen LogP contribution in [0.25, 0.3) is 55.9 Å². The summed E-state index contributed by atoms with van der Waals surface area (Å²) in [6.45, 7) is 0. The Bertz CT molecular complexity index is 2050. The van der Waals surface area contributed by atoms with Gasteiger partial charge < -0.3 is 13.7 Å². The van der Waals surface area contributed by atoms with Gasteiger partial charge in [0.25, 0.3) is 0 Å². The van der Waals surface area contributed by atoms with Crippen LogP contribution in [0.1, 0.15) is 0 Å². The largest absolute Gasteiger partial charge is 0.436 e. The highest BCUT2D eigenvalue weighted by atomic mass is 16.4. The normalized spacial score (nSPS) is 11.4. The maximum atomic E-state index is 6.24. The van der Waals surface area contributed by atoms with Gasteiger partial charge in [-0.3, -0.25) is 0 Å². The quantitative estimate of drug-likeness (QED) is 0.222. The predicted molar refractivity (Wildman–Crippen MR) is 165 cm³/mol. The van der Waals surface area contributed by atoms with Gasteiger partial charge in [-0.2, -0.15) is 0 Å². The van der Waals surface area contributed by atoms with Gasteiger partial charge in [0, 0.05) is 40.3 Å². The average Bonchev–Trinajstić information content (AvgIpc) is 3.66. The smallest absolute Gasteiger partial charge is 0.227 e. The van der Waals surface area contributed by atoms with Gasteiger partial charge in [-0.1, -0.05) is 66.7 Å². The minimum Gasteiger partial charge on any atom is -0.436 e. The number of benzene rings is 6. The van der Waals surface area contributed by atoms with Crippen molar-refractivity contribution in [2.75, 3.05) is 4.90 Å². The van der Waals surface area contributed by atoms with E-state index in [0.29, 0.717) is 11.8 Å². The lowest BCUT2D eigenvalue weighted by molar-refractivity contribution is 0.620. The van der Waals surface area contributed by atoms with Crippen LogP contribution < -0.4 is 4.90 Å². The monoisotopic (exact) mass is 529 g/mol. The second-order valence-electron chi connectivity index (χ2n) is 9.94. The van der Waals surface area contributed by atoms with Crippen LogP contribution in [0.15, 0.2) is 148 Å². The molecule has 0 aliphatic carbocycles. The predicted octanol–water partition coefficient (Wildman–Crippen LogP) is 9.93. The molecule has 0 aliphatic rings. The van der Waals surface area contributed by atoms with E-state index in [9.17, 15) is 0 Å². The lowest BCUT2D eigenvalue weighted by Gasteiger charge is -2.25. The molecule has 8 aromatic rings. The second-order valence-corrected chi connectivity index (χ2v) is 9.94. The van der Waals surface area contributed by atoms with Gasteiger partial charge in [-0.25, -0.2) is 9.97 Å². The van der Waals surface area contributed by atoms with Gasteiger partial charge >= 0.3 is 0 Å². The highest BCUT2D eigenvalue weighted by Gasteiger charge is 2.18. The van der Waals surface area contributed by atoms with Crippen molar-refractivity contribution < 1.29 is 8.83 Å². The zero-order valence-electron chi connectivity index (χ0n) is 21.9. The Hall–Kier alpha value is -5.68. The summed E-state index contributed by atoms with van der Waals surface area (Å²) in [5.41, 5.74) is 7.87. The first-order valence-corrected chi connectivity index (χ1v) is 13.5. The van der Waals surface area contributed by atoms with Crippen molar-refractivity contribution in [2.45, 2.75) is 0 Å². The summed E-state index contributed by atoms with van der Waals surface area (Å²) in [6, 6.07) is 47.1. The summed E-state index contributed by atoms with van der Waals surface area (Å²) >= 11 is 0. The van der Waals surface area contributed by atoms with Crippen molar-refractivity contribution in [3.8, 4) is 22.9 Å². The number of rotatable bonds is 5. The van der Waals surface area contributed by atoms with Crippen molar-refractivity contribution in [1.82, 2.24) is 9.97 Å². The summed E-state index contributed by atoms with van der Waals surface area (Å²) in [6.07, 6.45) is 0. The van der Waals surface area contributed by atoms with Crippen LogP contribution >= 0.6 is 0 Å². The number of hydrogen-bond acceptors (Lipinski definition) is 5. The number of nitrogens with zero attached hydrogens (tertiary/aromatic N) is 3. The van der Waals surface area contributed by atoms with Crippen LogP contribution in [0.4, 0.5) is 17.1 Å². The van der Waals surface area contributed by atoms with E-state index in [1.54, 1.807) is 0 Å². The molecule has 0 saturated heterocycles. The molecular formula is C36H23N3O2. The highest BCUT2D eigenvalue weighted by Crippen LogP contribution is 2.39. The fourth-order valence-electron chi connectivity index (χ4n) is 5.28. The van der Waals surface area contributed by atoms with Crippen LogP contribution in [-0.2, 0) is 0 Å². The molecule has 5 nitrogen and oxygen atoms in total. The van der Waals surface area contributed by atoms with Crippen LogP contribution in [0.3, 0.4) is 0 Å². The van der Waals surface area contributed by atoms with E-state index in [0.717, 1.165) is 55.8 Å². The molecule has 0 atom stereocenters. The molecule has 194 valence electrons. The third-order valence-corrected chi connectivity index (χ3v) is 7.29. The summed E-state index contributed by atoms with van der Waals surface area (Å²) < 4.78 is 12.5. The van der Waals surface area contributed by atoms with Gasteiger partial charge in [0.15, 0.2) is 11.2 Å². The molecule has 8 rings (SSSR count). The highest BCUT2D eigenvalue weighted by molar-refractivity contribution is 5.92. The maximum absolute atomic E-state index is 6.24. The molecule has 0 radical (unpaired) electrons. The molecule has 0 spiro atoms. The number of oxazole rings is 2. The lowest BCUT2D eigenvalue weighted by Crippen LogP contribution is -2.09. The zero-order valence-corrected chi connectivity index (χ0v) is 21.9. The van der Waals surface area contributed by atoms with Gasteiger partial charge in [-0.15, -0.1) is 0 Å². The number of anilines is 3. The number of fused-ring (bicyclic) bond motifs is 3. The van der Waals surface area contributed by atoms with Crippen molar-refractivity contribution in [3.05, 3.63) is 140 Å². The van der Waals surface area contributed by atoms with E-state index < -0.39 is 0 Å². The third kappa shape index (κ3) is 4.21. The van der Waals surface area contributed by atoms with Crippen molar-refractivity contribution in [1.29, 1.82) is 0 Å². The van der Waals surface area contributed by atoms with E-state index in [1.807, 2.05) is 84.9 Å². The minimum absolute atomic E-state index is 0.603. The van der Waals surface area contributed by atoms with Crippen LogP contribution in [-0.4, -0.2) is 9.97 Å². The Labute approximate surface area is 235 Å². The maximum Gasteiger partial charge on any atom is 0.227 e. The first-order valence-electron chi connectivity index (χ1n) is 13.5. The lowest BCUT2D eigenvalue weighted by atomic mass is 10.1. The summed E-state index contributed by atoms with van der Waals surface area (Å²) in [7, 11) is 0. The standard InChI is InChI=1S/C36H23N3O2/c1-3-10-25(11-4-1)35-37-31-19-17-29(22-33(31)40-35)39(28-16-15-24-9-7-8-14-27(24)21-28)30-18-20-32-34(23-30)41-36(38-32)26-12-5-2-6-13-26/h1-23H. The third-order valence-electron chi connectivity index (χ3n) is 7.29. The summed E-state index contributed by atoms with van der Waals surface area (Å²) in [5.74, 6) is 1.21. The molecule has 0 N–H and O–H groups in total. The van der Waals surface area contributed by atoms with Crippen LogP contribution in [0, 0.1) is 0 Å². The first kappa shape index (κ1) is 23.2. The molecule has 6 aromatic carbocycles. The Morgan fingerprint density at radius 1 is 0.415 bits per heavy atom. The zero-order chi connectivity index (χ0) is 27.2. The second kappa shape index (κ2) is 9.50. The Kier molecular flexibility index (Phi) is 5.38. The molecule has 0 amide bonds. The fourth-order valence-corrected chi connectivity index (χ4v) is 5.28. The molecule has 2 heterocycles. The van der Waals surface area contributed by atoms with E-state index in [-0.39, 0.29) is 0 Å². The van der Waals surface area contributed by atoms with Gasteiger partial charge in [0.2, 0.25) is 11.8 Å². The Morgan fingerprint density at radius 3 is 1.44 bits per heavy atom. The van der Waals surface area contributed by atoms with Crippen molar-refractivity contribution in [3.63, 3.8) is 0 Å². The van der Waals surface area contributed by atoms with Gasteiger partial charge in [-0.05, 0) is 71.4 Å². The van der Waals surface area contributed by atoms with Gasteiger partial charge in [0.1, 0.15) is 11.0 Å². The molecule has 0 bridgehead atoms. The molecule has 5 heteroatoms. The molecule has 41 heavy (non-hydrogen) atoms. The van der Waals surface area contributed by atoms with E-state index in [1.165, 1.54) is 5.39 Å². The first-order chi connectivity index (χ1) is 20.3. The Morgan fingerprint density at radius 2 is 0.878 bits per heavy atom. The summed E-state index contributed by atoms with van der Waals surface area (Å²) in [5, 5.41) is 2.35. The van der Waals surface area contributed by atoms with Crippen molar-refractivity contribution >= 4 is 50.0 Å². The van der Waals surface area contributed by atoms with E-state index in [2.05, 4.69) is 59.5 Å². The van der Waals surface area contributed by atoms with E-state index >= 15 is 0 Å². The molecule has 0 saturated carbocycles. The van der Waals surface area contributed by atoms with Crippen molar-refractivity contribution in [2.24, 2.45) is 0 Å². The number of aromatic nitrogens is 2. The summed E-state index contributed by atoms with van der Waals surface area (Å²) in [4.78, 5) is 11.7. The molecule has 2 aromatic heterocycles. The Balaban J connectivity index is 1.28. The van der Waals surface area contributed by atoms with Gasteiger partial charge in [0.05, 0.1) is 0 Å². The van der Waals surface area contributed by atoms with Crippen LogP contribution in [0.5, 0.6) is 0 Å².